The van der Waals surface area contributed by atoms with E-state index in [1.807, 2.05) is 12.1 Å². The molecule has 0 spiro atoms. The quantitative estimate of drug-likeness (QED) is 0.815. The van der Waals surface area contributed by atoms with Gasteiger partial charge in [0.1, 0.15) is 5.75 Å². The minimum absolute atomic E-state index is 0.395. The average Bonchev–Trinajstić information content (AvgIpc) is 2.39. The van der Waals surface area contributed by atoms with Gasteiger partial charge in [0.15, 0.2) is 0 Å². The number of hydrogen-bond donors (Lipinski definition) is 1. The summed E-state index contributed by atoms with van der Waals surface area (Å²) in [5, 5.41) is 9.64. The van der Waals surface area contributed by atoms with Crippen molar-refractivity contribution in [2.24, 2.45) is 5.92 Å². The minimum atomic E-state index is 0.395. The van der Waals surface area contributed by atoms with Crippen LogP contribution in [0, 0.1) is 5.92 Å². The second kappa shape index (κ2) is 4.93. The number of nitrogens with zero attached hydrogens (tertiary/aromatic N) is 1. The Bertz CT molecular complexity index is 417. The summed E-state index contributed by atoms with van der Waals surface area (Å²) in [6.45, 7) is 0. The van der Waals surface area contributed by atoms with Crippen LogP contribution < -0.4 is 0 Å². The van der Waals surface area contributed by atoms with E-state index >= 15 is 0 Å². The fraction of sp³-hybridized carbons (Fsp3) is 0.625. The van der Waals surface area contributed by atoms with Crippen LogP contribution in [0.5, 0.6) is 5.75 Å². The van der Waals surface area contributed by atoms with Gasteiger partial charge in [-0.15, -0.1) is 0 Å². The Morgan fingerprint density at radius 3 is 2.78 bits per heavy atom. The number of phenols is 1. The molecule has 3 rings (SSSR count). The van der Waals surface area contributed by atoms with Gasteiger partial charge in [0.05, 0.1) is 0 Å². The lowest BCUT2D eigenvalue weighted by Gasteiger charge is -2.47. The zero-order chi connectivity index (χ0) is 12.5. The molecule has 0 bridgehead atoms. The van der Waals surface area contributed by atoms with Gasteiger partial charge in [-0.3, -0.25) is 4.90 Å². The van der Waals surface area contributed by atoms with Gasteiger partial charge in [-0.25, -0.2) is 0 Å². The molecule has 0 radical (unpaired) electrons. The van der Waals surface area contributed by atoms with E-state index in [0.29, 0.717) is 11.8 Å². The number of fused-ring (bicyclic) bond motifs is 1. The van der Waals surface area contributed by atoms with Crippen molar-refractivity contribution in [1.29, 1.82) is 0 Å². The van der Waals surface area contributed by atoms with Crippen LogP contribution in [-0.4, -0.2) is 23.1 Å². The Balaban J connectivity index is 1.81. The fourth-order valence-electron chi connectivity index (χ4n) is 4.00. The van der Waals surface area contributed by atoms with Gasteiger partial charge in [0.25, 0.3) is 0 Å². The number of rotatable bonds is 1. The van der Waals surface area contributed by atoms with Crippen LogP contribution in [-0.2, 0) is 0 Å². The van der Waals surface area contributed by atoms with Crippen molar-refractivity contribution in [3.8, 4) is 5.75 Å². The first-order chi connectivity index (χ1) is 8.75. The van der Waals surface area contributed by atoms with Gasteiger partial charge in [-0.05, 0) is 56.3 Å². The Hall–Kier alpha value is -1.02. The van der Waals surface area contributed by atoms with E-state index in [1.165, 1.54) is 44.1 Å². The van der Waals surface area contributed by atoms with Crippen molar-refractivity contribution in [1.82, 2.24) is 4.90 Å². The molecule has 1 aromatic carbocycles. The third kappa shape index (κ3) is 2.14. The smallest absolute Gasteiger partial charge is 0.115 e. The molecule has 1 aromatic rings. The zero-order valence-corrected chi connectivity index (χ0v) is 11.2. The van der Waals surface area contributed by atoms with Crippen molar-refractivity contribution in [2.75, 3.05) is 7.05 Å². The summed E-state index contributed by atoms with van der Waals surface area (Å²) in [5.74, 6) is 1.31. The molecule has 18 heavy (non-hydrogen) atoms. The summed E-state index contributed by atoms with van der Waals surface area (Å²) in [6.07, 6.45) is 8.18. The maximum atomic E-state index is 9.64. The topological polar surface area (TPSA) is 23.5 Å². The third-order valence-electron chi connectivity index (χ3n) is 4.95. The standard InChI is InChI=1S/C16H23NO/c1-17-15-8-3-2-5-12(15)9-10-16(17)13-6-4-7-14(18)11-13/h4,6-7,11-12,15-16,18H,2-3,5,8-10H2,1H3/t12-,15+,16-/m0/s1. The molecular weight excluding hydrogens is 222 g/mol. The van der Waals surface area contributed by atoms with Crippen molar-refractivity contribution in [2.45, 2.75) is 50.6 Å². The SMILES string of the molecule is CN1[C@@H]2CCCC[C@H]2CC[C@H]1c1cccc(O)c1. The van der Waals surface area contributed by atoms with Gasteiger partial charge in [-0.2, -0.15) is 0 Å². The lowest BCUT2D eigenvalue weighted by atomic mass is 9.75. The second-order valence-corrected chi connectivity index (χ2v) is 5.97. The maximum absolute atomic E-state index is 9.64. The van der Waals surface area contributed by atoms with Crippen molar-refractivity contribution < 1.29 is 5.11 Å². The number of piperidine rings is 1. The zero-order valence-electron chi connectivity index (χ0n) is 11.2. The molecule has 0 amide bonds. The molecule has 1 N–H and O–H groups in total. The summed E-state index contributed by atoms with van der Waals surface area (Å²) in [4.78, 5) is 2.57. The molecule has 2 heteroatoms. The van der Waals surface area contributed by atoms with Crippen LogP contribution in [0.4, 0.5) is 0 Å². The van der Waals surface area contributed by atoms with E-state index in [9.17, 15) is 5.11 Å². The lowest BCUT2D eigenvalue weighted by Crippen LogP contribution is -2.46. The second-order valence-electron chi connectivity index (χ2n) is 5.97. The van der Waals surface area contributed by atoms with E-state index in [0.717, 1.165) is 12.0 Å². The Morgan fingerprint density at radius 2 is 1.94 bits per heavy atom. The molecular formula is C16H23NO. The van der Waals surface area contributed by atoms with E-state index in [4.69, 9.17) is 0 Å². The highest BCUT2D eigenvalue weighted by Gasteiger charge is 2.36. The average molecular weight is 245 g/mol. The van der Waals surface area contributed by atoms with Crippen molar-refractivity contribution in [3.05, 3.63) is 29.8 Å². The molecule has 1 aliphatic heterocycles. The molecule has 98 valence electrons. The fourth-order valence-corrected chi connectivity index (χ4v) is 4.00. The highest BCUT2D eigenvalue weighted by atomic mass is 16.3. The Kier molecular flexibility index (Phi) is 3.29. The number of phenolic OH excluding ortho intramolecular Hbond substituents is 1. The van der Waals surface area contributed by atoms with Crippen LogP contribution >= 0.6 is 0 Å². The first-order valence-corrected chi connectivity index (χ1v) is 7.26. The monoisotopic (exact) mass is 245 g/mol. The maximum Gasteiger partial charge on any atom is 0.115 e. The van der Waals surface area contributed by atoms with Crippen LogP contribution in [0.25, 0.3) is 0 Å². The largest absolute Gasteiger partial charge is 0.508 e. The lowest BCUT2D eigenvalue weighted by molar-refractivity contribution is 0.0363. The summed E-state index contributed by atoms with van der Waals surface area (Å²) in [6, 6.07) is 9.08. The van der Waals surface area contributed by atoms with Crippen molar-refractivity contribution in [3.63, 3.8) is 0 Å². The predicted octanol–water partition coefficient (Wildman–Crippen LogP) is 3.72. The highest BCUT2D eigenvalue weighted by molar-refractivity contribution is 5.29. The number of likely N-dealkylation sites (tertiary alicyclic amines) is 1. The first kappa shape index (κ1) is 12.0. The predicted molar refractivity (Wildman–Crippen MR) is 73.6 cm³/mol. The molecule has 3 atom stereocenters. The van der Waals surface area contributed by atoms with E-state index in [-0.39, 0.29) is 0 Å². The molecule has 2 fully saturated rings. The van der Waals surface area contributed by atoms with Crippen molar-refractivity contribution >= 4 is 0 Å². The molecule has 0 aromatic heterocycles. The third-order valence-corrected chi connectivity index (χ3v) is 4.95. The van der Waals surface area contributed by atoms with Crippen LogP contribution in [0.1, 0.15) is 50.1 Å². The van der Waals surface area contributed by atoms with Crippen LogP contribution in [0.2, 0.25) is 0 Å². The van der Waals surface area contributed by atoms with Gasteiger partial charge >= 0.3 is 0 Å². The van der Waals surface area contributed by atoms with E-state index in [2.05, 4.69) is 18.0 Å². The Morgan fingerprint density at radius 1 is 1.11 bits per heavy atom. The molecule has 2 aliphatic rings. The Labute approximate surface area is 110 Å². The van der Waals surface area contributed by atoms with Gasteiger partial charge in [0, 0.05) is 12.1 Å². The summed E-state index contributed by atoms with van der Waals surface area (Å²) >= 11 is 0. The molecule has 1 saturated heterocycles. The first-order valence-electron chi connectivity index (χ1n) is 7.26. The summed E-state index contributed by atoms with van der Waals surface area (Å²) in [5.41, 5.74) is 1.28. The molecule has 1 saturated carbocycles. The molecule has 1 heterocycles. The highest BCUT2D eigenvalue weighted by Crippen LogP contribution is 2.42. The van der Waals surface area contributed by atoms with Crippen LogP contribution in [0.3, 0.4) is 0 Å². The number of benzene rings is 1. The molecule has 1 aliphatic carbocycles. The normalized spacial score (nSPS) is 33.1. The summed E-state index contributed by atoms with van der Waals surface area (Å²) in [7, 11) is 2.27. The summed E-state index contributed by atoms with van der Waals surface area (Å²) < 4.78 is 0. The number of hydrogen-bond acceptors (Lipinski definition) is 2. The minimum Gasteiger partial charge on any atom is -0.508 e. The van der Waals surface area contributed by atoms with Gasteiger partial charge < -0.3 is 5.11 Å². The number of aromatic hydroxyl groups is 1. The van der Waals surface area contributed by atoms with E-state index in [1.54, 1.807) is 6.07 Å². The van der Waals surface area contributed by atoms with E-state index < -0.39 is 0 Å². The van der Waals surface area contributed by atoms with Crippen LogP contribution in [0.15, 0.2) is 24.3 Å². The van der Waals surface area contributed by atoms with Gasteiger partial charge in [-0.1, -0.05) is 25.0 Å². The molecule has 0 unspecified atom stereocenters. The molecule has 2 nitrogen and oxygen atoms in total. The van der Waals surface area contributed by atoms with Gasteiger partial charge in [0.2, 0.25) is 0 Å².